The van der Waals surface area contributed by atoms with E-state index in [4.69, 9.17) is 4.84 Å². The molecular weight excluding hydrogens is 337 g/mol. The highest BCUT2D eigenvalue weighted by Crippen LogP contribution is 2.31. The number of phenolic OH excluding ortho intramolecular Hbond substituents is 1. The summed E-state index contributed by atoms with van der Waals surface area (Å²) in [4.78, 5) is 17.2. The Morgan fingerprint density at radius 2 is 1.96 bits per heavy atom. The Morgan fingerprint density at radius 1 is 1.20 bits per heavy atom. The van der Waals surface area contributed by atoms with Gasteiger partial charge in [-0.15, -0.1) is 0 Å². The Hall–Kier alpha value is -3.03. The Morgan fingerprint density at radius 3 is 2.68 bits per heavy atom. The fourth-order valence-corrected chi connectivity index (χ4v) is 2.39. The maximum Gasteiger partial charge on any atom is 0.416 e. The Labute approximate surface area is 140 Å². The van der Waals surface area contributed by atoms with Crippen molar-refractivity contribution in [3.63, 3.8) is 0 Å². The van der Waals surface area contributed by atoms with Crippen LogP contribution in [0.25, 0.3) is 0 Å². The number of rotatable bonds is 3. The van der Waals surface area contributed by atoms with E-state index in [1.807, 2.05) is 0 Å². The molecule has 2 aromatic rings. The van der Waals surface area contributed by atoms with Crippen LogP contribution in [0.1, 0.15) is 17.5 Å². The molecule has 2 N–H and O–H groups in total. The van der Waals surface area contributed by atoms with Gasteiger partial charge in [-0.1, -0.05) is 23.4 Å². The van der Waals surface area contributed by atoms with E-state index in [0.29, 0.717) is 11.3 Å². The third-order valence-electron chi connectivity index (χ3n) is 3.63. The second-order valence-corrected chi connectivity index (χ2v) is 5.42. The predicted molar refractivity (Wildman–Crippen MR) is 84.2 cm³/mol. The number of phenols is 1. The Balaban J connectivity index is 1.67. The molecule has 0 unspecified atom stereocenters. The molecule has 2 aromatic carbocycles. The van der Waals surface area contributed by atoms with Crippen molar-refractivity contribution in [1.29, 1.82) is 0 Å². The summed E-state index contributed by atoms with van der Waals surface area (Å²) in [5.74, 6) is -0.614. The number of nitrogens with one attached hydrogen (secondary N) is 1. The first-order valence-electron chi connectivity index (χ1n) is 7.34. The van der Waals surface area contributed by atoms with Crippen molar-refractivity contribution in [3.05, 3.63) is 59.7 Å². The molecule has 1 heterocycles. The van der Waals surface area contributed by atoms with Gasteiger partial charge in [-0.05, 0) is 30.3 Å². The van der Waals surface area contributed by atoms with Gasteiger partial charge >= 0.3 is 6.18 Å². The van der Waals surface area contributed by atoms with E-state index in [0.717, 1.165) is 12.1 Å². The fourth-order valence-electron chi connectivity index (χ4n) is 2.39. The van der Waals surface area contributed by atoms with Crippen molar-refractivity contribution in [2.75, 3.05) is 5.32 Å². The first-order chi connectivity index (χ1) is 11.8. The van der Waals surface area contributed by atoms with Crippen LogP contribution in [-0.2, 0) is 15.8 Å². The summed E-state index contributed by atoms with van der Waals surface area (Å²) < 4.78 is 38.1. The number of amides is 1. The van der Waals surface area contributed by atoms with E-state index in [9.17, 15) is 23.1 Å². The number of para-hydroxylation sites is 1. The highest BCUT2D eigenvalue weighted by atomic mass is 19.4. The van der Waals surface area contributed by atoms with Crippen LogP contribution in [-0.4, -0.2) is 22.8 Å². The first-order valence-corrected chi connectivity index (χ1v) is 7.34. The van der Waals surface area contributed by atoms with Gasteiger partial charge in [-0.25, -0.2) is 0 Å². The fraction of sp³-hybridized carbons (Fsp3) is 0.176. The minimum Gasteiger partial charge on any atom is -0.507 e. The van der Waals surface area contributed by atoms with Crippen LogP contribution in [0.5, 0.6) is 5.75 Å². The lowest BCUT2D eigenvalue weighted by molar-refractivity contribution is -0.137. The third kappa shape index (κ3) is 3.73. The zero-order valence-corrected chi connectivity index (χ0v) is 12.7. The summed E-state index contributed by atoms with van der Waals surface area (Å²) in [6.45, 7) is 0. The number of carbonyl (C=O) groups is 1. The van der Waals surface area contributed by atoms with E-state index in [-0.39, 0.29) is 17.9 Å². The van der Waals surface area contributed by atoms with Crippen molar-refractivity contribution in [2.24, 2.45) is 5.16 Å². The van der Waals surface area contributed by atoms with Gasteiger partial charge < -0.3 is 15.3 Å². The highest BCUT2D eigenvalue weighted by Gasteiger charge is 2.32. The monoisotopic (exact) mass is 350 g/mol. The number of hydrogen-bond donors (Lipinski definition) is 2. The maximum absolute atomic E-state index is 12.7. The van der Waals surface area contributed by atoms with E-state index >= 15 is 0 Å². The molecule has 1 aliphatic heterocycles. The van der Waals surface area contributed by atoms with Gasteiger partial charge in [-0.3, -0.25) is 4.79 Å². The average molecular weight is 350 g/mol. The molecule has 0 saturated carbocycles. The van der Waals surface area contributed by atoms with Gasteiger partial charge in [0, 0.05) is 17.7 Å². The van der Waals surface area contributed by atoms with Crippen LogP contribution in [0.3, 0.4) is 0 Å². The number of carbonyl (C=O) groups excluding carboxylic acids is 1. The van der Waals surface area contributed by atoms with Gasteiger partial charge in [-0.2, -0.15) is 13.2 Å². The average Bonchev–Trinajstić information content (AvgIpc) is 3.04. The van der Waals surface area contributed by atoms with Crippen molar-refractivity contribution in [3.8, 4) is 5.75 Å². The van der Waals surface area contributed by atoms with Crippen LogP contribution in [0.2, 0.25) is 0 Å². The zero-order chi connectivity index (χ0) is 18.0. The lowest BCUT2D eigenvalue weighted by Crippen LogP contribution is -2.28. The number of alkyl halides is 3. The van der Waals surface area contributed by atoms with Crippen LogP contribution >= 0.6 is 0 Å². The molecule has 0 bridgehead atoms. The summed E-state index contributed by atoms with van der Waals surface area (Å²) in [5, 5.41) is 16.0. The quantitative estimate of drug-likeness (QED) is 0.889. The minimum atomic E-state index is -4.49. The molecule has 1 aliphatic rings. The molecule has 8 heteroatoms. The van der Waals surface area contributed by atoms with Gasteiger partial charge in [0.2, 0.25) is 6.10 Å². The summed E-state index contributed by atoms with van der Waals surface area (Å²) in [7, 11) is 0. The van der Waals surface area contributed by atoms with E-state index in [1.54, 1.807) is 18.2 Å². The topological polar surface area (TPSA) is 70.9 Å². The molecule has 0 spiro atoms. The Kier molecular flexibility index (Phi) is 4.35. The maximum atomic E-state index is 12.7. The second-order valence-electron chi connectivity index (χ2n) is 5.42. The lowest BCUT2D eigenvalue weighted by atomic mass is 10.0. The number of oxime groups is 1. The normalized spacial score (nSPS) is 16.9. The smallest absolute Gasteiger partial charge is 0.416 e. The van der Waals surface area contributed by atoms with E-state index < -0.39 is 23.8 Å². The molecule has 0 aromatic heterocycles. The number of hydrogen-bond acceptors (Lipinski definition) is 4. The summed E-state index contributed by atoms with van der Waals surface area (Å²) in [6, 6.07) is 10.8. The molecule has 3 rings (SSSR count). The van der Waals surface area contributed by atoms with Crippen molar-refractivity contribution >= 4 is 17.3 Å². The van der Waals surface area contributed by atoms with Crippen molar-refractivity contribution in [2.45, 2.75) is 18.7 Å². The standard InChI is InChI=1S/C17H13F3N2O3/c18-17(19,20)10-4-3-5-11(8-10)21-16(24)15-9-13(22-25-15)12-6-1-2-7-14(12)23/h1-8,15,23H,9H2,(H,21,24)/t15-/m0/s1. The SMILES string of the molecule is O=C(Nc1cccc(C(F)(F)F)c1)[C@@H]1CC(c2ccccc2O)=NO1. The number of benzene rings is 2. The van der Waals surface area contributed by atoms with Gasteiger partial charge in [0.25, 0.3) is 5.91 Å². The van der Waals surface area contributed by atoms with E-state index in [2.05, 4.69) is 10.5 Å². The van der Waals surface area contributed by atoms with Crippen LogP contribution in [0.4, 0.5) is 18.9 Å². The minimum absolute atomic E-state index is 0.00351. The number of halogens is 3. The molecule has 25 heavy (non-hydrogen) atoms. The molecule has 130 valence electrons. The summed E-state index contributed by atoms with van der Waals surface area (Å²) in [6.07, 6.45) is -5.38. The zero-order valence-electron chi connectivity index (χ0n) is 12.7. The molecule has 0 radical (unpaired) electrons. The summed E-state index contributed by atoms with van der Waals surface area (Å²) >= 11 is 0. The largest absolute Gasteiger partial charge is 0.507 e. The van der Waals surface area contributed by atoms with Crippen molar-refractivity contribution in [1.82, 2.24) is 0 Å². The highest BCUT2D eigenvalue weighted by molar-refractivity contribution is 6.07. The predicted octanol–water partition coefficient (Wildman–Crippen LogP) is 3.54. The van der Waals surface area contributed by atoms with Crippen LogP contribution in [0.15, 0.2) is 53.7 Å². The number of nitrogens with zero attached hydrogens (tertiary/aromatic N) is 1. The molecule has 1 amide bonds. The van der Waals surface area contributed by atoms with Gasteiger partial charge in [0.15, 0.2) is 0 Å². The van der Waals surface area contributed by atoms with Crippen LogP contribution in [0, 0.1) is 0 Å². The van der Waals surface area contributed by atoms with E-state index in [1.165, 1.54) is 18.2 Å². The third-order valence-corrected chi connectivity index (χ3v) is 3.63. The second kappa shape index (κ2) is 6.46. The Bertz CT molecular complexity index is 834. The molecule has 1 atom stereocenters. The van der Waals surface area contributed by atoms with Crippen molar-refractivity contribution < 1.29 is 27.9 Å². The lowest BCUT2D eigenvalue weighted by Gasteiger charge is -2.12. The molecular formula is C17H13F3N2O3. The first kappa shape index (κ1) is 16.8. The van der Waals surface area contributed by atoms with Gasteiger partial charge in [0.1, 0.15) is 5.75 Å². The molecule has 0 saturated heterocycles. The van der Waals surface area contributed by atoms with Crippen LogP contribution < -0.4 is 5.32 Å². The summed E-state index contributed by atoms with van der Waals surface area (Å²) in [5.41, 5.74) is -0.0117. The molecule has 0 aliphatic carbocycles. The number of anilines is 1. The molecule has 0 fully saturated rings. The number of aromatic hydroxyl groups is 1. The molecule has 5 nitrogen and oxygen atoms in total. The van der Waals surface area contributed by atoms with Gasteiger partial charge in [0.05, 0.1) is 11.3 Å².